The normalized spacial score (nSPS) is 11.8. The SMILES string of the molecule is CCC(F)(F)C(=O)NCCCCNc1nc2cc(OC)ccc2n2c(C)nnc12. The third kappa shape index (κ3) is 4.36. The molecule has 2 heterocycles. The molecule has 0 aliphatic heterocycles. The summed E-state index contributed by atoms with van der Waals surface area (Å²) in [6.07, 6.45) is 0.712. The number of alkyl halides is 2. The summed E-state index contributed by atoms with van der Waals surface area (Å²) in [6, 6.07) is 5.60. The Kier molecular flexibility index (Phi) is 6.09. The highest BCUT2D eigenvalue weighted by molar-refractivity contribution is 5.84. The third-order valence-electron chi connectivity index (χ3n) is 4.65. The maximum atomic E-state index is 13.2. The van der Waals surface area contributed by atoms with Gasteiger partial charge in [-0.3, -0.25) is 9.20 Å². The Morgan fingerprint density at radius 2 is 2.00 bits per heavy atom. The van der Waals surface area contributed by atoms with Crippen molar-refractivity contribution in [2.45, 2.75) is 39.0 Å². The van der Waals surface area contributed by atoms with Gasteiger partial charge in [0, 0.05) is 25.6 Å². The number of unbranched alkanes of at least 4 members (excludes halogenated alkanes) is 1. The summed E-state index contributed by atoms with van der Waals surface area (Å²) in [5.41, 5.74) is 2.21. The topological polar surface area (TPSA) is 93.4 Å². The fourth-order valence-electron chi connectivity index (χ4n) is 2.95. The maximum Gasteiger partial charge on any atom is 0.324 e. The van der Waals surface area contributed by atoms with Crippen molar-refractivity contribution in [1.29, 1.82) is 0 Å². The number of fused-ring (bicyclic) bond motifs is 3. The Morgan fingerprint density at radius 3 is 2.72 bits per heavy atom. The number of carbonyl (C=O) groups is 1. The average molecular weight is 406 g/mol. The molecule has 156 valence electrons. The Bertz CT molecular complexity index is 1020. The van der Waals surface area contributed by atoms with E-state index in [1.807, 2.05) is 29.5 Å². The number of aryl methyl sites for hydroxylation is 1. The molecule has 3 aromatic rings. The summed E-state index contributed by atoms with van der Waals surface area (Å²) >= 11 is 0. The van der Waals surface area contributed by atoms with Gasteiger partial charge in [-0.15, -0.1) is 10.2 Å². The number of aromatic nitrogens is 4. The number of halogens is 2. The van der Waals surface area contributed by atoms with Crippen LogP contribution in [0.15, 0.2) is 18.2 Å². The van der Waals surface area contributed by atoms with Gasteiger partial charge >= 0.3 is 5.92 Å². The first kappa shape index (κ1) is 20.7. The van der Waals surface area contributed by atoms with E-state index in [9.17, 15) is 13.6 Å². The van der Waals surface area contributed by atoms with Crippen LogP contribution in [0.1, 0.15) is 32.0 Å². The number of ether oxygens (including phenoxy) is 1. The van der Waals surface area contributed by atoms with Crippen LogP contribution >= 0.6 is 0 Å². The minimum absolute atomic E-state index is 0.192. The second-order valence-corrected chi connectivity index (χ2v) is 6.67. The van der Waals surface area contributed by atoms with Crippen molar-refractivity contribution in [2.75, 3.05) is 25.5 Å². The minimum atomic E-state index is -3.31. The molecule has 2 aromatic heterocycles. The van der Waals surface area contributed by atoms with E-state index in [2.05, 4.69) is 25.8 Å². The lowest BCUT2D eigenvalue weighted by Gasteiger charge is -2.14. The van der Waals surface area contributed by atoms with Gasteiger partial charge in [0.25, 0.3) is 5.91 Å². The van der Waals surface area contributed by atoms with Crippen LogP contribution in [0.2, 0.25) is 0 Å². The van der Waals surface area contributed by atoms with Crippen LogP contribution in [-0.4, -0.2) is 51.6 Å². The highest BCUT2D eigenvalue weighted by Gasteiger charge is 2.35. The molecule has 0 unspecified atom stereocenters. The lowest BCUT2D eigenvalue weighted by atomic mass is 10.2. The first-order chi connectivity index (χ1) is 13.9. The van der Waals surface area contributed by atoms with Gasteiger partial charge in [-0.2, -0.15) is 8.78 Å². The van der Waals surface area contributed by atoms with Crippen molar-refractivity contribution >= 4 is 28.4 Å². The van der Waals surface area contributed by atoms with Crippen molar-refractivity contribution in [3.63, 3.8) is 0 Å². The van der Waals surface area contributed by atoms with E-state index in [-0.39, 0.29) is 6.54 Å². The minimum Gasteiger partial charge on any atom is -0.497 e. The van der Waals surface area contributed by atoms with Gasteiger partial charge < -0.3 is 15.4 Å². The number of amides is 1. The highest BCUT2D eigenvalue weighted by atomic mass is 19.3. The van der Waals surface area contributed by atoms with Crippen LogP contribution in [0, 0.1) is 6.92 Å². The molecular formula is C19H24F2N6O2. The van der Waals surface area contributed by atoms with E-state index in [1.165, 1.54) is 6.92 Å². The molecule has 0 radical (unpaired) electrons. The van der Waals surface area contributed by atoms with E-state index in [1.54, 1.807) is 7.11 Å². The van der Waals surface area contributed by atoms with E-state index >= 15 is 0 Å². The Labute approximate surface area is 166 Å². The molecule has 0 saturated carbocycles. The number of hydrogen-bond donors (Lipinski definition) is 2. The van der Waals surface area contributed by atoms with Gasteiger partial charge in [0.15, 0.2) is 5.82 Å². The molecule has 0 aliphatic rings. The van der Waals surface area contributed by atoms with Crippen LogP contribution in [-0.2, 0) is 4.79 Å². The van der Waals surface area contributed by atoms with E-state index in [4.69, 9.17) is 4.74 Å². The molecule has 0 fully saturated rings. The highest BCUT2D eigenvalue weighted by Crippen LogP contribution is 2.25. The summed E-state index contributed by atoms with van der Waals surface area (Å²) in [4.78, 5) is 16.0. The summed E-state index contributed by atoms with van der Waals surface area (Å²) in [7, 11) is 1.60. The van der Waals surface area contributed by atoms with Crippen molar-refractivity contribution in [3.8, 4) is 5.75 Å². The zero-order chi connectivity index (χ0) is 21.0. The van der Waals surface area contributed by atoms with Gasteiger partial charge in [0.05, 0.1) is 18.1 Å². The molecule has 10 heteroatoms. The molecule has 29 heavy (non-hydrogen) atoms. The van der Waals surface area contributed by atoms with Crippen molar-refractivity contribution in [1.82, 2.24) is 24.9 Å². The molecule has 0 saturated heterocycles. The lowest BCUT2D eigenvalue weighted by molar-refractivity contribution is -0.145. The predicted molar refractivity (Wildman–Crippen MR) is 106 cm³/mol. The Morgan fingerprint density at radius 1 is 1.24 bits per heavy atom. The first-order valence-corrected chi connectivity index (χ1v) is 9.47. The van der Waals surface area contributed by atoms with E-state index in [0.717, 1.165) is 16.9 Å². The average Bonchev–Trinajstić information content (AvgIpc) is 3.11. The maximum absolute atomic E-state index is 13.2. The number of benzene rings is 1. The van der Waals surface area contributed by atoms with E-state index in [0.29, 0.717) is 36.6 Å². The number of rotatable bonds is 9. The third-order valence-corrected chi connectivity index (χ3v) is 4.65. The predicted octanol–water partition coefficient (Wildman–Crippen LogP) is 2.95. The molecule has 0 spiro atoms. The summed E-state index contributed by atoms with van der Waals surface area (Å²) < 4.78 is 33.6. The van der Waals surface area contributed by atoms with E-state index < -0.39 is 18.3 Å². The first-order valence-electron chi connectivity index (χ1n) is 9.47. The van der Waals surface area contributed by atoms with Crippen LogP contribution in [0.5, 0.6) is 5.75 Å². The number of methoxy groups -OCH3 is 1. The van der Waals surface area contributed by atoms with Gasteiger partial charge in [0.2, 0.25) is 5.65 Å². The van der Waals surface area contributed by atoms with Crippen LogP contribution < -0.4 is 15.4 Å². The van der Waals surface area contributed by atoms with Gasteiger partial charge in [-0.1, -0.05) is 6.92 Å². The molecule has 0 atom stereocenters. The lowest BCUT2D eigenvalue weighted by Crippen LogP contribution is -2.40. The van der Waals surface area contributed by atoms with Gasteiger partial charge in [0.1, 0.15) is 11.6 Å². The zero-order valence-electron chi connectivity index (χ0n) is 16.6. The largest absolute Gasteiger partial charge is 0.497 e. The fourth-order valence-corrected chi connectivity index (χ4v) is 2.95. The molecule has 3 rings (SSSR count). The van der Waals surface area contributed by atoms with Gasteiger partial charge in [-0.25, -0.2) is 4.98 Å². The van der Waals surface area contributed by atoms with Gasteiger partial charge in [-0.05, 0) is 31.9 Å². The van der Waals surface area contributed by atoms with Crippen LogP contribution in [0.25, 0.3) is 16.7 Å². The molecule has 2 N–H and O–H groups in total. The second kappa shape index (κ2) is 8.54. The Hall–Kier alpha value is -3.04. The van der Waals surface area contributed by atoms with Crippen molar-refractivity contribution in [2.24, 2.45) is 0 Å². The molecule has 1 amide bonds. The van der Waals surface area contributed by atoms with Crippen molar-refractivity contribution < 1.29 is 18.3 Å². The summed E-state index contributed by atoms with van der Waals surface area (Å²) in [5, 5.41) is 13.8. The standard InChI is InChI=1S/C19H24F2N6O2/c1-4-19(20,21)18(28)23-10-6-5-9-22-16-17-26-25-12(2)27(17)15-8-7-13(29-3)11-14(15)24-16/h7-8,11H,4-6,9-10H2,1-3H3,(H,22,24)(H,23,28). The van der Waals surface area contributed by atoms with Crippen molar-refractivity contribution in [3.05, 3.63) is 24.0 Å². The number of nitrogens with one attached hydrogen (secondary N) is 2. The molecule has 0 bridgehead atoms. The fraction of sp³-hybridized carbons (Fsp3) is 0.474. The van der Waals surface area contributed by atoms with Crippen LogP contribution in [0.3, 0.4) is 0 Å². The molecule has 8 nitrogen and oxygen atoms in total. The number of carbonyl (C=O) groups excluding carboxylic acids is 1. The zero-order valence-corrected chi connectivity index (χ0v) is 16.6. The monoisotopic (exact) mass is 406 g/mol. The smallest absolute Gasteiger partial charge is 0.324 e. The number of anilines is 1. The molecular weight excluding hydrogens is 382 g/mol. The van der Waals surface area contributed by atoms with Crippen LogP contribution in [0.4, 0.5) is 14.6 Å². The summed E-state index contributed by atoms with van der Waals surface area (Å²) in [6.45, 7) is 3.88. The Balaban J connectivity index is 1.65. The summed E-state index contributed by atoms with van der Waals surface area (Å²) in [5.74, 6) is -2.53. The number of nitrogens with zero attached hydrogens (tertiary/aromatic N) is 4. The molecule has 1 aromatic carbocycles. The second-order valence-electron chi connectivity index (χ2n) is 6.67. The quantitative estimate of drug-likeness (QED) is 0.531. The molecule has 0 aliphatic carbocycles. The number of hydrogen-bond acceptors (Lipinski definition) is 6.